The maximum Gasteiger partial charge on any atom is 0.310 e. The van der Waals surface area contributed by atoms with Gasteiger partial charge >= 0.3 is 5.97 Å². The number of carbonyl (C=O) groups excluding carboxylic acids is 3. The summed E-state index contributed by atoms with van der Waals surface area (Å²) in [6.07, 6.45) is 0.402. The molecule has 6 aromatic rings. The van der Waals surface area contributed by atoms with E-state index >= 15 is 0 Å². The second-order valence-corrected chi connectivity index (χ2v) is 14.4. The molecule has 0 unspecified atom stereocenters. The fourth-order valence-electron chi connectivity index (χ4n) is 6.82. The van der Waals surface area contributed by atoms with E-state index in [4.69, 9.17) is 46.9 Å². The zero-order valence-corrected chi connectivity index (χ0v) is 33.9. The van der Waals surface area contributed by atoms with Crippen LogP contribution >= 0.6 is 23.2 Å². The number of methoxy groups -OCH3 is 1. The largest absolute Gasteiger partial charge is 0.497 e. The molecule has 0 fully saturated rings. The Morgan fingerprint density at radius 2 is 1.07 bits per heavy atom. The molecule has 0 saturated carbocycles. The minimum atomic E-state index is -0.415. The van der Waals surface area contributed by atoms with Crippen molar-refractivity contribution >= 4 is 62.8 Å². The lowest BCUT2D eigenvalue weighted by Crippen LogP contribution is -2.16. The van der Waals surface area contributed by atoms with Crippen LogP contribution < -0.4 is 4.74 Å². The van der Waals surface area contributed by atoms with Crippen LogP contribution in [0.5, 0.6) is 5.75 Å². The number of hydrogen-bond acceptors (Lipinski definition) is 8. The molecule has 0 spiro atoms. The minimum absolute atomic E-state index is 0.0123. The predicted molar refractivity (Wildman–Crippen MR) is 222 cm³/mol. The molecule has 0 atom stereocenters. The summed E-state index contributed by atoms with van der Waals surface area (Å²) in [5.41, 5.74) is 6.62. The normalized spacial score (nSPS) is 11.3. The van der Waals surface area contributed by atoms with Crippen LogP contribution in [0.1, 0.15) is 48.8 Å². The molecular weight excluding hydrogens is 767 g/mol. The summed E-state index contributed by atoms with van der Waals surface area (Å²) >= 11 is 12.1. The molecule has 12 heteroatoms. The van der Waals surface area contributed by atoms with Crippen molar-refractivity contribution in [1.82, 2.24) is 9.13 Å². The number of rotatable bonds is 17. The van der Waals surface area contributed by atoms with Crippen LogP contribution in [-0.4, -0.2) is 73.7 Å². The summed E-state index contributed by atoms with van der Waals surface area (Å²) in [5.74, 6) is 0.423. The number of ether oxygens (including phenoxy) is 5. The lowest BCUT2D eigenvalue weighted by Gasteiger charge is -2.11. The molecular formula is C45H44Cl2N2O8. The fourth-order valence-corrected chi connectivity index (χ4v) is 7.08. The fraction of sp³-hybridized carbons (Fsp3) is 0.267. The second-order valence-electron chi connectivity index (χ2n) is 13.5. The van der Waals surface area contributed by atoms with Gasteiger partial charge in [-0.25, -0.2) is 0 Å². The first-order valence-corrected chi connectivity index (χ1v) is 19.2. The number of aromatic nitrogens is 2. The van der Waals surface area contributed by atoms with E-state index in [1.54, 1.807) is 64.8 Å². The number of hydrogen-bond donors (Lipinski definition) is 0. The van der Waals surface area contributed by atoms with E-state index < -0.39 is 5.97 Å². The topological polar surface area (TPSA) is 107 Å². The molecule has 0 bridgehead atoms. The van der Waals surface area contributed by atoms with Crippen molar-refractivity contribution in [2.24, 2.45) is 0 Å². The number of allylic oxidation sites excluding steroid dienone is 1. The summed E-state index contributed by atoms with van der Waals surface area (Å²) in [4.78, 5) is 40.0. The number of aryl methyl sites for hydroxylation is 1. The SMILES string of the molecule is C=C(Cc1c(C)n(C(=O)c2ccc(Cl)cc2)c2ccc(OC)cc12)OCCOCCOCCOC(=O)Cc1c(C)n(C(=O)c2ccc(Cl)cc2)c2ccc(C)cc12. The Balaban J connectivity index is 0.930. The monoisotopic (exact) mass is 810 g/mol. The van der Waals surface area contributed by atoms with Crippen LogP contribution in [0.15, 0.2) is 97.3 Å². The van der Waals surface area contributed by atoms with Crippen molar-refractivity contribution in [1.29, 1.82) is 0 Å². The predicted octanol–water partition coefficient (Wildman–Crippen LogP) is 9.11. The number of carbonyl (C=O) groups is 3. The van der Waals surface area contributed by atoms with Crippen molar-refractivity contribution in [3.8, 4) is 5.75 Å². The van der Waals surface area contributed by atoms with Gasteiger partial charge in [-0.3, -0.25) is 23.5 Å². The van der Waals surface area contributed by atoms with Crippen molar-refractivity contribution in [3.05, 3.63) is 147 Å². The second kappa shape index (κ2) is 18.7. The highest BCUT2D eigenvalue weighted by atomic mass is 35.5. The van der Waals surface area contributed by atoms with Gasteiger partial charge in [-0.2, -0.15) is 0 Å². The molecule has 296 valence electrons. The highest BCUT2D eigenvalue weighted by Gasteiger charge is 2.23. The first-order valence-electron chi connectivity index (χ1n) is 18.5. The van der Waals surface area contributed by atoms with Crippen LogP contribution in [0.3, 0.4) is 0 Å². The summed E-state index contributed by atoms with van der Waals surface area (Å²) in [5, 5.41) is 2.80. The van der Waals surface area contributed by atoms with Gasteiger partial charge in [0, 0.05) is 49.8 Å². The van der Waals surface area contributed by atoms with Gasteiger partial charge in [0.25, 0.3) is 11.8 Å². The van der Waals surface area contributed by atoms with Crippen molar-refractivity contribution in [2.45, 2.75) is 33.6 Å². The van der Waals surface area contributed by atoms with E-state index in [2.05, 4.69) is 6.58 Å². The number of halogens is 2. The molecule has 4 aromatic carbocycles. The zero-order chi connectivity index (χ0) is 40.6. The van der Waals surface area contributed by atoms with Gasteiger partial charge in [-0.1, -0.05) is 41.4 Å². The highest BCUT2D eigenvalue weighted by molar-refractivity contribution is 6.31. The number of esters is 1. The Hall–Kier alpha value is -5.39. The molecule has 0 saturated heterocycles. The quantitative estimate of drug-likeness (QED) is 0.0511. The van der Waals surface area contributed by atoms with Crippen molar-refractivity contribution in [2.75, 3.05) is 46.8 Å². The number of benzene rings is 4. The van der Waals surface area contributed by atoms with Gasteiger partial charge in [-0.05, 0) is 111 Å². The third-order valence-electron chi connectivity index (χ3n) is 9.71. The molecule has 0 aliphatic heterocycles. The first-order chi connectivity index (χ1) is 27.5. The average molecular weight is 812 g/mol. The molecule has 0 aliphatic rings. The maximum atomic E-state index is 13.6. The Bertz CT molecular complexity index is 2430. The van der Waals surface area contributed by atoms with Gasteiger partial charge in [0.15, 0.2) is 0 Å². The van der Waals surface area contributed by atoms with E-state index in [0.717, 1.165) is 44.2 Å². The summed E-state index contributed by atoms with van der Waals surface area (Å²) in [6.45, 7) is 11.3. The van der Waals surface area contributed by atoms with E-state index in [1.165, 1.54) is 0 Å². The Kier molecular flexibility index (Phi) is 13.5. The molecule has 57 heavy (non-hydrogen) atoms. The Labute approximate surface area is 341 Å². The third kappa shape index (κ3) is 9.60. The Morgan fingerprint density at radius 1 is 0.596 bits per heavy atom. The van der Waals surface area contributed by atoms with Crippen LogP contribution in [0.4, 0.5) is 0 Å². The maximum absolute atomic E-state index is 13.6. The lowest BCUT2D eigenvalue weighted by atomic mass is 10.1. The van der Waals surface area contributed by atoms with Gasteiger partial charge in [0.05, 0.1) is 56.8 Å². The molecule has 0 radical (unpaired) electrons. The summed E-state index contributed by atoms with van der Waals surface area (Å²) in [7, 11) is 1.60. The molecule has 2 aromatic heterocycles. The summed E-state index contributed by atoms with van der Waals surface area (Å²) < 4.78 is 31.5. The minimum Gasteiger partial charge on any atom is -0.497 e. The smallest absolute Gasteiger partial charge is 0.310 e. The van der Waals surface area contributed by atoms with E-state index in [0.29, 0.717) is 64.6 Å². The van der Waals surface area contributed by atoms with Crippen LogP contribution in [0.2, 0.25) is 10.0 Å². The first kappa shape index (κ1) is 41.2. The average Bonchev–Trinajstić information content (AvgIpc) is 3.62. The van der Waals surface area contributed by atoms with Crippen LogP contribution in [0.25, 0.3) is 21.8 Å². The molecule has 2 heterocycles. The van der Waals surface area contributed by atoms with Crippen LogP contribution in [0, 0.1) is 20.8 Å². The lowest BCUT2D eigenvalue weighted by molar-refractivity contribution is -0.144. The standard InChI is InChI=1S/C45H44Cl2N2O8/c1-28-6-16-41-39(24-28)38(31(4)49(41)45(52)33-9-13-35(47)14-10-33)27-43(50)57-23-21-55-19-18-54-20-22-56-29(2)25-37-30(3)48(42-17-15-36(53-5)26-40(37)42)44(51)32-7-11-34(46)12-8-32/h6-17,24,26H,2,18-23,25,27H2,1,3-5H3. The summed E-state index contributed by atoms with van der Waals surface area (Å²) in [6, 6.07) is 25.0. The van der Waals surface area contributed by atoms with E-state index in [1.807, 2.05) is 57.2 Å². The number of nitrogens with zero attached hydrogens (tertiary/aromatic N) is 2. The van der Waals surface area contributed by atoms with Crippen molar-refractivity contribution < 1.29 is 38.1 Å². The number of fused-ring (bicyclic) bond motifs is 2. The molecule has 0 amide bonds. The highest BCUT2D eigenvalue weighted by Crippen LogP contribution is 2.32. The zero-order valence-electron chi connectivity index (χ0n) is 32.4. The van der Waals surface area contributed by atoms with Crippen LogP contribution in [-0.2, 0) is 36.6 Å². The molecule has 0 N–H and O–H groups in total. The third-order valence-corrected chi connectivity index (χ3v) is 10.2. The van der Waals surface area contributed by atoms with Gasteiger partial charge < -0.3 is 23.7 Å². The van der Waals surface area contributed by atoms with E-state index in [-0.39, 0.29) is 38.1 Å². The van der Waals surface area contributed by atoms with Gasteiger partial charge in [-0.15, -0.1) is 0 Å². The van der Waals surface area contributed by atoms with Gasteiger partial charge in [0.2, 0.25) is 0 Å². The van der Waals surface area contributed by atoms with Crippen molar-refractivity contribution in [3.63, 3.8) is 0 Å². The molecule has 0 aliphatic carbocycles. The molecule has 6 rings (SSSR count). The Morgan fingerprint density at radius 3 is 1.61 bits per heavy atom. The van der Waals surface area contributed by atoms with E-state index in [9.17, 15) is 14.4 Å². The molecule has 10 nitrogen and oxygen atoms in total. The van der Waals surface area contributed by atoms with Gasteiger partial charge in [0.1, 0.15) is 19.0 Å².